The number of fused-ring (bicyclic) bond motifs is 2. The third-order valence-corrected chi connectivity index (χ3v) is 5.29. The van der Waals surface area contributed by atoms with Gasteiger partial charge in [-0.15, -0.1) is 0 Å². The molecule has 0 fully saturated rings. The average Bonchev–Trinajstić information content (AvgIpc) is 3.24. The summed E-state index contributed by atoms with van der Waals surface area (Å²) < 4.78 is 15.4. The number of nitrogens with one attached hydrogen (secondary N) is 1. The lowest BCUT2D eigenvalue weighted by molar-refractivity contribution is -0.119. The number of carbonyl (C=O) groups is 1. The van der Waals surface area contributed by atoms with Gasteiger partial charge in [0.15, 0.2) is 11.5 Å². The van der Waals surface area contributed by atoms with Crippen LogP contribution in [-0.4, -0.2) is 30.2 Å². The fraction of sp³-hybridized carbons (Fsp3) is 0.190. The van der Waals surface area contributed by atoms with Gasteiger partial charge in [0.25, 0.3) is 0 Å². The number of halogens is 1. The highest BCUT2D eigenvalue weighted by molar-refractivity contribution is 6.06. The lowest BCUT2D eigenvalue weighted by Crippen LogP contribution is -2.27. The molecule has 9 heteroatoms. The molecule has 1 aromatic carbocycles. The topological polar surface area (TPSA) is 111 Å². The highest BCUT2D eigenvalue weighted by atomic mass is 19.1. The molecule has 0 saturated carbocycles. The third-order valence-electron chi connectivity index (χ3n) is 5.29. The summed E-state index contributed by atoms with van der Waals surface area (Å²) in [6.45, 7) is 3.56. The van der Waals surface area contributed by atoms with E-state index >= 15 is 0 Å². The summed E-state index contributed by atoms with van der Waals surface area (Å²) in [4.78, 5) is 30.3. The van der Waals surface area contributed by atoms with Gasteiger partial charge >= 0.3 is 0 Å². The summed E-state index contributed by atoms with van der Waals surface area (Å²) in [5, 5.41) is 2.77. The van der Waals surface area contributed by atoms with Gasteiger partial charge in [-0.3, -0.25) is 4.79 Å². The number of carbonyl (C=O) groups excluding carboxylic acids is 1. The number of hydrogen-bond donors (Lipinski definition) is 2. The molecule has 5 rings (SSSR count). The van der Waals surface area contributed by atoms with Gasteiger partial charge in [0.1, 0.15) is 23.1 Å². The quantitative estimate of drug-likeness (QED) is 0.544. The molecule has 0 saturated heterocycles. The van der Waals surface area contributed by atoms with E-state index < -0.39 is 5.41 Å². The molecule has 30 heavy (non-hydrogen) atoms. The van der Waals surface area contributed by atoms with Crippen molar-refractivity contribution in [1.82, 2.24) is 24.3 Å². The molecule has 150 valence electrons. The molecule has 0 unspecified atom stereocenters. The highest BCUT2D eigenvalue weighted by Gasteiger charge is 2.42. The zero-order valence-electron chi connectivity index (χ0n) is 16.3. The van der Waals surface area contributed by atoms with Gasteiger partial charge in [0.05, 0.1) is 16.7 Å². The Kier molecular flexibility index (Phi) is 3.82. The summed E-state index contributed by atoms with van der Waals surface area (Å²) in [7, 11) is 0. The molecule has 0 atom stereocenters. The number of hydrogen-bond acceptors (Lipinski definition) is 6. The number of anilines is 2. The zero-order valence-corrected chi connectivity index (χ0v) is 16.3. The van der Waals surface area contributed by atoms with E-state index in [0.29, 0.717) is 40.7 Å². The molecule has 0 radical (unpaired) electrons. The normalized spacial score (nSPS) is 14.7. The maximum atomic E-state index is 13.6. The van der Waals surface area contributed by atoms with Gasteiger partial charge in [-0.1, -0.05) is 12.1 Å². The molecule has 4 heterocycles. The Morgan fingerprint density at radius 2 is 2.07 bits per heavy atom. The Hall–Kier alpha value is -3.88. The van der Waals surface area contributed by atoms with Crippen LogP contribution < -0.4 is 11.1 Å². The first-order valence-electron chi connectivity index (χ1n) is 9.40. The van der Waals surface area contributed by atoms with Crippen molar-refractivity contribution in [2.75, 3.05) is 11.1 Å². The molecular weight excluding hydrogens is 385 g/mol. The molecule has 1 amide bonds. The maximum absolute atomic E-state index is 13.6. The van der Waals surface area contributed by atoms with Gasteiger partial charge in [0.2, 0.25) is 5.91 Å². The minimum atomic E-state index is -0.803. The van der Waals surface area contributed by atoms with Crippen LogP contribution in [0, 0.1) is 5.82 Å². The summed E-state index contributed by atoms with van der Waals surface area (Å²) in [6, 6.07) is 6.36. The van der Waals surface area contributed by atoms with E-state index in [1.807, 2.05) is 10.5 Å². The number of nitrogens with zero attached hydrogens (tertiary/aromatic N) is 5. The summed E-state index contributed by atoms with van der Waals surface area (Å²) >= 11 is 0. The Morgan fingerprint density at radius 3 is 2.87 bits per heavy atom. The molecule has 0 spiro atoms. The minimum Gasteiger partial charge on any atom is -0.383 e. The highest BCUT2D eigenvalue weighted by Crippen LogP contribution is 2.40. The van der Waals surface area contributed by atoms with Gasteiger partial charge in [-0.2, -0.15) is 0 Å². The molecule has 1 aliphatic heterocycles. The molecule has 8 nitrogen and oxygen atoms in total. The van der Waals surface area contributed by atoms with Crippen molar-refractivity contribution in [3.63, 3.8) is 0 Å². The predicted molar refractivity (Wildman–Crippen MR) is 109 cm³/mol. The molecule has 1 aliphatic rings. The molecule has 3 aromatic heterocycles. The van der Waals surface area contributed by atoms with Crippen molar-refractivity contribution < 1.29 is 9.18 Å². The maximum Gasteiger partial charge on any atom is 0.235 e. The lowest BCUT2D eigenvalue weighted by atomic mass is 9.87. The van der Waals surface area contributed by atoms with E-state index in [1.165, 1.54) is 12.1 Å². The number of imidazole rings is 1. The second-order valence-electron chi connectivity index (χ2n) is 7.77. The van der Waals surface area contributed by atoms with Crippen molar-refractivity contribution in [3.05, 3.63) is 65.5 Å². The monoisotopic (exact) mass is 403 g/mol. The van der Waals surface area contributed by atoms with Crippen LogP contribution in [0.5, 0.6) is 0 Å². The number of amides is 1. The first-order valence-corrected chi connectivity index (χ1v) is 9.40. The van der Waals surface area contributed by atoms with Crippen LogP contribution >= 0.6 is 0 Å². The largest absolute Gasteiger partial charge is 0.383 e. The summed E-state index contributed by atoms with van der Waals surface area (Å²) in [6.07, 6.45) is 5.59. The second kappa shape index (κ2) is 6.31. The SMILES string of the molecule is CC1(C)C(=O)Nc2nc(-c3cn4ccnc4c(Cc4cccc(F)c4)n3)nc(N)c21. The van der Waals surface area contributed by atoms with E-state index in [4.69, 9.17) is 10.7 Å². The predicted octanol–water partition coefficient (Wildman–Crippen LogP) is 2.73. The van der Waals surface area contributed by atoms with E-state index in [-0.39, 0.29) is 17.5 Å². The molecule has 0 aliphatic carbocycles. The van der Waals surface area contributed by atoms with E-state index in [9.17, 15) is 9.18 Å². The van der Waals surface area contributed by atoms with Gasteiger partial charge in [-0.25, -0.2) is 24.3 Å². The van der Waals surface area contributed by atoms with Crippen molar-refractivity contribution in [1.29, 1.82) is 0 Å². The van der Waals surface area contributed by atoms with Crippen molar-refractivity contribution in [3.8, 4) is 11.5 Å². The van der Waals surface area contributed by atoms with Crippen LogP contribution in [0.4, 0.5) is 16.0 Å². The Balaban J connectivity index is 1.63. The van der Waals surface area contributed by atoms with E-state index in [2.05, 4.69) is 20.3 Å². The third kappa shape index (κ3) is 2.78. The van der Waals surface area contributed by atoms with E-state index in [0.717, 1.165) is 5.56 Å². The standard InChI is InChI=1S/C21H18FN7O/c1-21(2)15-16(23)26-17(27-18(15)28-20(21)30)14-10-29-7-6-24-19(29)13(25-14)9-11-4-3-5-12(22)8-11/h3-8,10H,9H2,1-2H3,(H3,23,26,27,28,30). The van der Waals surface area contributed by atoms with Crippen LogP contribution in [0.15, 0.2) is 42.9 Å². The number of aromatic nitrogens is 5. The van der Waals surface area contributed by atoms with Gasteiger partial charge < -0.3 is 15.5 Å². The van der Waals surface area contributed by atoms with Crippen LogP contribution in [0.3, 0.4) is 0 Å². The Morgan fingerprint density at radius 1 is 1.23 bits per heavy atom. The van der Waals surface area contributed by atoms with Gasteiger partial charge in [0, 0.05) is 25.0 Å². The van der Waals surface area contributed by atoms with E-state index in [1.54, 1.807) is 38.5 Å². The Bertz CT molecular complexity index is 1330. The number of benzene rings is 1. The molecule has 0 bridgehead atoms. The molecule has 3 N–H and O–H groups in total. The first kappa shape index (κ1) is 18.2. The van der Waals surface area contributed by atoms with Crippen LogP contribution in [0.1, 0.15) is 30.7 Å². The van der Waals surface area contributed by atoms with Crippen LogP contribution in [0.25, 0.3) is 17.2 Å². The van der Waals surface area contributed by atoms with Crippen molar-refractivity contribution in [2.45, 2.75) is 25.7 Å². The molecular formula is C21H18FN7O. The zero-order chi connectivity index (χ0) is 21.0. The number of nitrogens with two attached hydrogens (primary N) is 1. The number of nitrogen functional groups attached to an aromatic ring is 1. The number of rotatable bonds is 3. The van der Waals surface area contributed by atoms with Crippen molar-refractivity contribution >= 4 is 23.2 Å². The summed E-state index contributed by atoms with van der Waals surface area (Å²) in [5.74, 6) is 0.432. The van der Waals surface area contributed by atoms with Crippen LogP contribution in [0.2, 0.25) is 0 Å². The minimum absolute atomic E-state index is 0.180. The van der Waals surface area contributed by atoms with Crippen molar-refractivity contribution in [2.24, 2.45) is 0 Å². The fourth-order valence-electron chi connectivity index (χ4n) is 3.74. The average molecular weight is 403 g/mol. The van der Waals surface area contributed by atoms with Crippen LogP contribution in [-0.2, 0) is 16.6 Å². The Labute approximate surface area is 171 Å². The molecule has 4 aromatic rings. The smallest absolute Gasteiger partial charge is 0.235 e. The second-order valence-corrected chi connectivity index (χ2v) is 7.77. The van der Waals surface area contributed by atoms with Gasteiger partial charge in [-0.05, 0) is 31.5 Å². The first-order chi connectivity index (χ1) is 14.3. The fourth-order valence-corrected chi connectivity index (χ4v) is 3.74. The summed E-state index contributed by atoms with van der Waals surface area (Å²) in [5.41, 5.74) is 8.52. The lowest BCUT2D eigenvalue weighted by Gasteiger charge is -2.16.